The minimum absolute atomic E-state index is 0.0183. The Morgan fingerprint density at radius 3 is 2.40 bits per heavy atom. The molecule has 6 N–H and O–H groups in total. The molecule has 0 spiro atoms. The van der Waals surface area contributed by atoms with Gasteiger partial charge in [0.2, 0.25) is 5.95 Å². The predicted molar refractivity (Wildman–Crippen MR) is 101 cm³/mol. The van der Waals surface area contributed by atoms with E-state index in [0.717, 1.165) is 16.8 Å². The maximum absolute atomic E-state index is 11.7. The Kier molecular flexibility index (Phi) is 5.93. The third-order valence-corrected chi connectivity index (χ3v) is 3.89. The van der Waals surface area contributed by atoms with E-state index in [0.29, 0.717) is 24.2 Å². The summed E-state index contributed by atoms with van der Waals surface area (Å²) < 4.78 is 0. The highest BCUT2D eigenvalue weighted by atomic mass is 16.1. The van der Waals surface area contributed by atoms with E-state index < -0.39 is 5.91 Å². The van der Waals surface area contributed by atoms with Crippen molar-refractivity contribution in [3.63, 3.8) is 0 Å². The second kappa shape index (κ2) is 7.94. The molecule has 7 heteroatoms. The normalized spacial score (nSPS) is 12.1. The second-order valence-corrected chi connectivity index (χ2v) is 6.61. The number of aromatic nitrogens is 2. The number of nitrogens with two attached hydrogens (primary N) is 2. The third-order valence-electron chi connectivity index (χ3n) is 3.89. The van der Waals surface area contributed by atoms with Gasteiger partial charge in [0.15, 0.2) is 0 Å². The molecular weight excluding hydrogens is 316 g/mol. The molecule has 1 amide bonds. The van der Waals surface area contributed by atoms with Crippen LogP contribution in [0.25, 0.3) is 0 Å². The van der Waals surface area contributed by atoms with Gasteiger partial charge in [-0.15, -0.1) is 0 Å². The molecule has 1 atom stereocenters. The van der Waals surface area contributed by atoms with Gasteiger partial charge in [-0.3, -0.25) is 4.79 Å². The van der Waals surface area contributed by atoms with Crippen LogP contribution in [0.4, 0.5) is 17.5 Å². The topological polar surface area (TPSA) is 119 Å². The monoisotopic (exact) mass is 342 g/mol. The Labute approximate surface area is 148 Å². The number of anilines is 3. The van der Waals surface area contributed by atoms with Crippen molar-refractivity contribution >= 4 is 23.4 Å². The highest BCUT2D eigenvalue weighted by molar-refractivity contribution is 5.98. The molecule has 1 unspecified atom stereocenters. The molecule has 25 heavy (non-hydrogen) atoms. The number of aryl methyl sites for hydroxylation is 2. The summed E-state index contributed by atoms with van der Waals surface area (Å²) in [6.07, 6.45) is 1.42. The van der Waals surface area contributed by atoms with Crippen LogP contribution in [0.1, 0.15) is 35.3 Å². The Morgan fingerprint density at radius 1 is 1.20 bits per heavy atom. The minimum atomic E-state index is -0.586. The predicted octanol–water partition coefficient (Wildman–Crippen LogP) is 2.33. The maximum Gasteiger partial charge on any atom is 0.254 e. The molecule has 0 bridgehead atoms. The van der Waals surface area contributed by atoms with E-state index in [2.05, 4.69) is 40.5 Å². The number of hydrogen-bond acceptors (Lipinski definition) is 6. The number of carbonyl (C=O) groups excluding carboxylic acids is 1. The Morgan fingerprint density at radius 2 is 1.84 bits per heavy atom. The van der Waals surface area contributed by atoms with Crippen molar-refractivity contribution in [2.24, 2.45) is 17.4 Å². The summed E-state index contributed by atoms with van der Waals surface area (Å²) in [4.78, 5) is 20.2. The fraction of sp³-hybridized carbons (Fsp3) is 0.389. The quantitative estimate of drug-likeness (QED) is 0.613. The average Bonchev–Trinajstić information content (AvgIpc) is 2.51. The van der Waals surface area contributed by atoms with Gasteiger partial charge in [0.25, 0.3) is 5.91 Å². The first-order valence-electron chi connectivity index (χ1n) is 8.28. The van der Waals surface area contributed by atoms with Gasteiger partial charge in [-0.1, -0.05) is 19.9 Å². The van der Waals surface area contributed by atoms with Gasteiger partial charge in [-0.2, -0.15) is 4.98 Å². The van der Waals surface area contributed by atoms with Crippen LogP contribution in [-0.4, -0.2) is 28.5 Å². The number of hydrogen-bond donors (Lipinski definition) is 4. The molecule has 0 radical (unpaired) electrons. The van der Waals surface area contributed by atoms with Gasteiger partial charge in [0, 0.05) is 24.5 Å². The number of nitrogens with zero attached hydrogens (tertiary/aromatic N) is 2. The van der Waals surface area contributed by atoms with E-state index in [-0.39, 0.29) is 11.6 Å². The minimum Gasteiger partial charge on any atom is -0.365 e. The zero-order valence-electron chi connectivity index (χ0n) is 15.1. The number of rotatable bonds is 7. The Hall–Kier alpha value is -2.67. The molecule has 0 aliphatic rings. The van der Waals surface area contributed by atoms with Crippen LogP contribution >= 0.6 is 0 Å². The number of carbonyl (C=O) groups is 1. The van der Waals surface area contributed by atoms with Crippen molar-refractivity contribution in [3.05, 3.63) is 41.1 Å². The number of nitrogens with one attached hydrogen (secondary N) is 2. The van der Waals surface area contributed by atoms with Crippen molar-refractivity contribution in [3.8, 4) is 0 Å². The molecule has 7 nitrogen and oxygen atoms in total. The van der Waals surface area contributed by atoms with Crippen molar-refractivity contribution in [2.45, 2.75) is 33.7 Å². The molecule has 0 aliphatic carbocycles. The molecule has 0 fully saturated rings. The lowest BCUT2D eigenvalue weighted by Gasteiger charge is -2.17. The zero-order valence-corrected chi connectivity index (χ0v) is 15.1. The van der Waals surface area contributed by atoms with Crippen LogP contribution in [0.2, 0.25) is 0 Å². The van der Waals surface area contributed by atoms with Gasteiger partial charge in [-0.25, -0.2) is 4.98 Å². The van der Waals surface area contributed by atoms with Crippen LogP contribution < -0.4 is 22.1 Å². The molecule has 0 aliphatic heterocycles. The third kappa shape index (κ3) is 5.15. The zero-order chi connectivity index (χ0) is 18.6. The SMILES string of the molecule is Cc1cc(C)cc(Nc2nc(NCC(N)C(C)C)ncc2C(N)=O)c1. The fourth-order valence-electron chi connectivity index (χ4n) is 2.37. The lowest BCUT2D eigenvalue weighted by Crippen LogP contribution is -2.34. The summed E-state index contributed by atoms with van der Waals surface area (Å²) >= 11 is 0. The summed E-state index contributed by atoms with van der Waals surface area (Å²) in [5.74, 6) is 0.517. The summed E-state index contributed by atoms with van der Waals surface area (Å²) in [6.45, 7) is 8.66. The standard InChI is InChI=1S/C18H26N6O/c1-10(2)15(19)9-22-18-21-8-14(16(20)25)17(24-18)23-13-6-11(3)5-12(4)7-13/h5-8,10,15H,9,19H2,1-4H3,(H2,20,25)(H2,21,22,23,24). The van der Waals surface area contributed by atoms with Crippen molar-refractivity contribution in [2.75, 3.05) is 17.2 Å². The number of primary amides is 1. The molecular formula is C18H26N6O. The molecule has 2 aromatic rings. The van der Waals surface area contributed by atoms with E-state index >= 15 is 0 Å². The van der Waals surface area contributed by atoms with Crippen LogP contribution in [0.15, 0.2) is 24.4 Å². The van der Waals surface area contributed by atoms with Gasteiger partial charge < -0.3 is 22.1 Å². The molecule has 1 heterocycles. The smallest absolute Gasteiger partial charge is 0.254 e. The first-order valence-corrected chi connectivity index (χ1v) is 8.28. The molecule has 2 rings (SSSR count). The average molecular weight is 342 g/mol. The Balaban J connectivity index is 2.27. The maximum atomic E-state index is 11.7. The van der Waals surface area contributed by atoms with E-state index in [4.69, 9.17) is 11.5 Å². The molecule has 1 aromatic heterocycles. The lowest BCUT2D eigenvalue weighted by molar-refractivity contribution is 0.100. The van der Waals surface area contributed by atoms with Gasteiger partial charge in [-0.05, 0) is 43.0 Å². The van der Waals surface area contributed by atoms with Gasteiger partial charge in [0.05, 0.1) is 0 Å². The fourth-order valence-corrected chi connectivity index (χ4v) is 2.37. The van der Waals surface area contributed by atoms with Crippen LogP contribution in [0.5, 0.6) is 0 Å². The first kappa shape index (κ1) is 18.7. The highest BCUT2D eigenvalue weighted by Crippen LogP contribution is 2.22. The second-order valence-electron chi connectivity index (χ2n) is 6.61. The first-order chi connectivity index (χ1) is 11.8. The van der Waals surface area contributed by atoms with E-state index in [1.807, 2.05) is 26.0 Å². The highest BCUT2D eigenvalue weighted by Gasteiger charge is 2.14. The largest absolute Gasteiger partial charge is 0.365 e. The van der Waals surface area contributed by atoms with Crippen LogP contribution in [-0.2, 0) is 0 Å². The lowest BCUT2D eigenvalue weighted by atomic mass is 10.1. The Bertz CT molecular complexity index is 739. The summed E-state index contributed by atoms with van der Waals surface area (Å²) in [5.41, 5.74) is 14.8. The van der Waals surface area contributed by atoms with E-state index in [1.165, 1.54) is 6.20 Å². The summed E-state index contributed by atoms with van der Waals surface area (Å²) in [6, 6.07) is 6.00. The van der Waals surface area contributed by atoms with E-state index in [1.54, 1.807) is 0 Å². The van der Waals surface area contributed by atoms with Gasteiger partial charge >= 0.3 is 0 Å². The number of benzene rings is 1. The molecule has 1 aromatic carbocycles. The summed E-state index contributed by atoms with van der Waals surface area (Å²) in [5, 5.41) is 6.26. The van der Waals surface area contributed by atoms with Crippen molar-refractivity contribution in [1.29, 1.82) is 0 Å². The summed E-state index contributed by atoms with van der Waals surface area (Å²) in [7, 11) is 0. The molecule has 0 saturated carbocycles. The number of amides is 1. The van der Waals surface area contributed by atoms with Crippen molar-refractivity contribution in [1.82, 2.24) is 9.97 Å². The van der Waals surface area contributed by atoms with Crippen LogP contribution in [0.3, 0.4) is 0 Å². The van der Waals surface area contributed by atoms with E-state index in [9.17, 15) is 4.79 Å². The molecule has 0 saturated heterocycles. The van der Waals surface area contributed by atoms with Gasteiger partial charge in [0.1, 0.15) is 11.4 Å². The molecule has 134 valence electrons. The van der Waals surface area contributed by atoms with Crippen molar-refractivity contribution < 1.29 is 4.79 Å². The van der Waals surface area contributed by atoms with Crippen LogP contribution in [0, 0.1) is 19.8 Å².